The highest BCUT2D eigenvalue weighted by molar-refractivity contribution is 7.16. The molecule has 3 aromatic rings. The predicted octanol–water partition coefficient (Wildman–Crippen LogP) is 4.81. The van der Waals surface area contributed by atoms with Crippen LogP contribution in [0.2, 0.25) is 0 Å². The van der Waals surface area contributed by atoms with E-state index in [1.165, 1.54) is 10.6 Å². The van der Waals surface area contributed by atoms with Crippen LogP contribution in [0.4, 0.5) is 13.2 Å². The van der Waals surface area contributed by atoms with E-state index in [0.29, 0.717) is 10.3 Å². The smallest absolute Gasteiger partial charge is 0.416 e. The lowest BCUT2D eigenvalue weighted by Crippen LogP contribution is -2.27. The molecule has 5 nitrogen and oxygen atoms in total. The second kappa shape index (κ2) is 7.82. The van der Waals surface area contributed by atoms with Gasteiger partial charge in [0, 0.05) is 5.56 Å². The van der Waals surface area contributed by atoms with Crippen LogP contribution in [0.1, 0.15) is 40.9 Å². The topological polar surface area (TPSA) is 71.7 Å². The van der Waals surface area contributed by atoms with E-state index in [-0.39, 0.29) is 16.7 Å². The van der Waals surface area contributed by atoms with Crippen molar-refractivity contribution >= 4 is 33.4 Å². The van der Waals surface area contributed by atoms with Gasteiger partial charge in [-0.15, -0.1) is 0 Å². The summed E-state index contributed by atoms with van der Waals surface area (Å²) in [6.45, 7) is 3.47. The van der Waals surface area contributed by atoms with Gasteiger partial charge in [-0.25, -0.2) is 4.79 Å². The van der Waals surface area contributed by atoms with Crippen molar-refractivity contribution in [1.82, 2.24) is 4.57 Å². The molecule has 1 heterocycles. The zero-order valence-corrected chi connectivity index (χ0v) is 16.3. The van der Waals surface area contributed by atoms with Gasteiger partial charge < -0.3 is 9.67 Å². The molecule has 0 fully saturated rings. The Morgan fingerprint density at radius 2 is 1.83 bits per heavy atom. The molecule has 3 rings (SSSR count). The number of carboxylic acids is 1. The predicted molar refractivity (Wildman–Crippen MR) is 103 cm³/mol. The number of benzene rings is 2. The number of halogens is 3. The molecule has 2 aromatic carbocycles. The van der Waals surface area contributed by atoms with Crippen molar-refractivity contribution < 1.29 is 27.9 Å². The van der Waals surface area contributed by atoms with E-state index in [1.54, 1.807) is 31.2 Å². The van der Waals surface area contributed by atoms with Crippen molar-refractivity contribution in [3.63, 3.8) is 0 Å². The number of thiazole rings is 1. The number of carbonyl (C=O) groups is 2. The molecule has 1 N–H and O–H groups in total. The quantitative estimate of drug-likeness (QED) is 0.656. The van der Waals surface area contributed by atoms with Crippen molar-refractivity contribution in [2.75, 3.05) is 0 Å². The summed E-state index contributed by atoms with van der Waals surface area (Å²) in [4.78, 5) is 28.4. The first-order chi connectivity index (χ1) is 13.6. The number of amides is 1. The molecule has 0 aliphatic heterocycles. The summed E-state index contributed by atoms with van der Waals surface area (Å²) < 4.78 is 41.1. The Labute approximate surface area is 167 Å². The van der Waals surface area contributed by atoms with E-state index in [1.807, 2.05) is 6.92 Å². The van der Waals surface area contributed by atoms with Crippen molar-refractivity contribution in [3.05, 3.63) is 64.0 Å². The largest absolute Gasteiger partial charge is 0.480 e. The molecule has 0 spiro atoms. The molecule has 29 heavy (non-hydrogen) atoms. The van der Waals surface area contributed by atoms with Crippen LogP contribution in [0.15, 0.2) is 47.5 Å². The molecule has 0 aliphatic rings. The summed E-state index contributed by atoms with van der Waals surface area (Å²) in [5.41, 5.74) is 0.441. The first-order valence-corrected chi connectivity index (χ1v) is 9.54. The van der Waals surface area contributed by atoms with Crippen molar-refractivity contribution in [3.8, 4) is 0 Å². The van der Waals surface area contributed by atoms with Crippen LogP contribution in [0.5, 0.6) is 0 Å². The number of aliphatic carboxylic acids is 1. The second-order valence-corrected chi connectivity index (χ2v) is 7.49. The number of nitrogens with zero attached hydrogens (tertiary/aromatic N) is 2. The third-order valence-electron chi connectivity index (χ3n) is 4.43. The van der Waals surface area contributed by atoms with Gasteiger partial charge in [0.1, 0.15) is 6.04 Å². The number of aryl methyl sites for hydroxylation is 1. The van der Waals surface area contributed by atoms with Gasteiger partial charge >= 0.3 is 12.1 Å². The number of alkyl halides is 3. The number of carbonyl (C=O) groups excluding carboxylic acids is 1. The highest BCUT2D eigenvalue weighted by Crippen LogP contribution is 2.33. The Morgan fingerprint density at radius 1 is 1.17 bits per heavy atom. The first kappa shape index (κ1) is 20.8. The molecule has 1 unspecified atom stereocenters. The molecule has 0 radical (unpaired) electrons. The monoisotopic (exact) mass is 422 g/mol. The van der Waals surface area contributed by atoms with E-state index in [2.05, 4.69) is 4.99 Å². The molecule has 1 amide bonds. The third kappa shape index (κ3) is 4.24. The third-order valence-corrected chi connectivity index (χ3v) is 5.47. The van der Waals surface area contributed by atoms with E-state index in [0.717, 1.165) is 29.0 Å². The number of hydrogen-bond acceptors (Lipinski definition) is 3. The molecule has 0 saturated heterocycles. The minimum absolute atomic E-state index is 0.0409. The van der Waals surface area contributed by atoms with Gasteiger partial charge in [0.15, 0.2) is 4.80 Å². The van der Waals surface area contributed by atoms with Crippen LogP contribution >= 0.6 is 11.3 Å². The van der Waals surface area contributed by atoms with Gasteiger partial charge in [0.25, 0.3) is 5.91 Å². The minimum atomic E-state index is -4.58. The molecule has 152 valence electrons. The Kier molecular flexibility index (Phi) is 5.61. The SMILES string of the molecule is CCC(C(=O)O)n1/c(=N/C(=O)c2ccc(C)cc2)sc2ccc(C(F)(F)F)cc21. The summed E-state index contributed by atoms with van der Waals surface area (Å²) in [7, 11) is 0. The molecule has 0 saturated carbocycles. The van der Waals surface area contributed by atoms with Gasteiger partial charge in [-0.2, -0.15) is 18.2 Å². The van der Waals surface area contributed by atoms with Crippen LogP contribution in [0, 0.1) is 6.92 Å². The lowest BCUT2D eigenvalue weighted by atomic mass is 10.1. The minimum Gasteiger partial charge on any atom is -0.480 e. The second-order valence-electron chi connectivity index (χ2n) is 6.48. The Morgan fingerprint density at radius 3 is 2.38 bits per heavy atom. The van der Waals surface area contributed by atoms with Crippen LogP contribution < -0.4 is 4.80 Å². The highest BCUT2D eigenvalue weighted by atomic mass is 32.1. The molecular formula is C20H17F3N2O3S. The van der Waals surface area contributed by atoms with Crippen molar-refractivity contribution in [2.24, 2.45) is 4.99 Å². The number of fused-ring (bicyclic) bond motifs is 1. The molecule has 0 aliphatic carbocycles. The fraction of sp³-hybridized carbons (Fsp3) is 0.250. The summed E-state index contributed by atoms with van der Waals surface area (Å²) in [5.74, 6) is -1.81. The first-order valence-electron chi connectivity index (χ1n) is 8.72. The number of hydrogen-bond donors (Lipinski definition) is 1. The zero-order chi connectivity index (χ0) is 21.3. The summed E-state index contributed by atoms with van der Waals surface area (Å²) in [6.07, 6.45) is -4.46. The van der Waals surface area contributed by atoms with Crippen molar-refractivity contribution in [2.45, 2.75) is 32.5 Å². The fourth-order valence-electron chi connectivity index (χ4n) is 2.91. The van der Waals surface area contributed by atoms with Crippen molar-refractivity contribution in [1.29, 1.82) is 0 Å². The number of carboxylic acid groups (broad SMARTS) is 1. The van der Waals surface area contributed by atoms with Gasteiger partial charge in [-0.1, -0.05) is 36.0 Å². The van der Waals surface area contributed by atoms with Gasteiger partial charge in [-0.3, -0.25) is 4.79 Å². The summed E-state index contributed by atoms with van der Waals surface area (Å²) in [5, 5.41) is 9.57. The van der Waals surface area contributed by atoms with Gasteiger partial charge in [0.2, 0.25) is 0 Å². The van der Waals surface area contributed by atoms with Gasteiger partial charge in [0.05, 0.1) is 15.8 Å². The summed E-state index contributed by atoms with van der Waals surface area (Å²) >= 11 is 0.975. The molecule has 1 atom stereocenters. The number of rotatable bonds is 4. The lowest BCUT2D eigenvalue weighted by Gasteiger charge is -2.14. The Bertz CT molecular complexity index is 1140. The summed E-state index contributed by atoms with van der Waals surface area (Å²) in [6, 6.07) is 8.60. The molecule has 9 heteroatoms. The van der Waals surface area contributed by atoms with E-state index in [9.17, 15) is 27.9 Å². The average molecular weight is 422 g/mol. The van der Waals surface area contributed by atoms with Gasteiger partial charge in [-0.05, 0) is 43.7 Å². The maximum absolute atomic E-state index is 13.2. The van der Waals surface area contributed by atoms with E-state index < -0.39 is 29.7 Å². The maximum Gasteiger partial charge on any atom is 0.416 e. The lowest BCUT2D eigenvalue weighted by molar-refractivity contribution is -0.141. The maximum atomic E-state index is 13.2. The standard InChI is InChI=1S/C20H17F3N2O3S/c1-3-14(18(27)28)25-15-10-13(20(21,22)23)8-9-16(15)29-19(25)24-17(26)12-6-4-11(2)5-7-12/h4-10,14H,3H2,1-2H3,(H,27,28)/b24-19-. The van der Waals surface area contributed by atoms with E-state index >= 15 is 0 Å². The van der Waals surface area contributed by atoms with Crippen LogP contribution in [0.25, 0.3) is 10.2 Å². The Balaban J connectivity index is 2.26. The van der Waals surface area contributed by atoms with Crippen LogP contribution in [0.3, 0.4) is 0 Å². The highest BCUT2D eigenvalue weighted by Gasteiger charge is 2.32. The average Bonchev–Trinajstić information content (AvgIpc) is 2.99. The van der Waals surface area contributed by atoms with E-state index in [4.69, 9.17) is 0 Å². The van der Waals surface area contributed by atoms with Crippen LogP contribution in [-0.4, -0.2) is 21.6 Å². The molecule has 1 aromatic heterocycles. The number of aromatic nitrogens is 1. The molecule has 0 bridgehead atoms. The normalized spacial score (nSPS) is 13.6. The zero-order valence-electron chi connectivity index (χ0n) is 15.5. The molecular weight excluding hydrogens is 405 g/mol. The Hall–Kier alpha value is -2.94. The van der Waals surface area contributed by atoms with Crippen LogP contribution in [-0.2, 0) is 11.0 Å². The fourth-order valence-corrected chi connectivity index (χ4v) is 3.96.